The Morgan fingerprint density at radius 2 is 1.71 bits per heavy atom. The molecule has 3 fully saturated rings. The molecule has 3 aromatic rings. The van der Waals surface area contributed by atoms with Crippen LogP contribution in [-0.4, -0.2) is 44.7 Å². The first-order chi connectivity index (χ1) is 23.1. The van der Waals surface area contributed by atoms with Crippen molar-refractivity contribution >= 4 is 35.3 Å². The normalized spacial score (nSPS) is 28.9. The molecule has 2 aliphatic carbocycles. The molecule has 0 radical (unpaired) electrons. The molecule has 0 spiro atoms. The number of anilines is 1. The molecular weight excluding hydrogens is 612 g/mol. The number of hydrogen-bond acceptors (Lipinski definition) is 8. The molecule has 3 heterocycles. The number of likely N-dealkylation sites (tertiary alicyclic amines) is 1. The smallest absolute Gasteiger partial charge is 0.328 e. The second-order valence-corrected chi connectivity index (χ2v) is 13.2. The average molecular weight is 645 g/mol. The molecule has 0 bridgehead atoms. The van der Waals surface area contributed by atoms with Crippen LogP contribution in [0.3, 0.4) is 0 Å². The van der Waals surface area contributed by atoms with Crippen LogP contribution in [0.1, 0.15) is 29.5 Å². The Kier molecular flexibility index (Phi) is 6.59. The van der Waals surface area contributed by atoms with Gasteiger partial charge in [-0.15, -0.1) is 0 Å². The van der Waals surface area contributed by atoms with Gasteiger partial charge in [-0.05, 0) is 67.2 Å². The van der Waals surface area contributed by atoms with E-state index in [1.807, 2.05) is 55.5 Å². The molecule has 0 aromatic heterocycles. The van der Waals surface area contributed by atoms with E-state index in [2.05, 4.69) is 5.43 Å². The predicted octanol–water partition coefficient (Wildman–Crippen LogP) is 4.12. The van der Waals surface area contributed by atoms with Gasteiger partial charge in [0.25, 0.3) is 11.8 Å². The van der Waals surface area contributed by atoms with E-state index >= 15 is 4.79 Å². The Labute approximate surface area is 275 Å². The Morgan fingerprint density at radius 1 is 0.958 bits per heavy atom. The summed E-state index contributed by atoms with van der Waals surface area (Å²) in [4.78, 5) is 69.7. The maximum atomic E-state index is 15.2. The topological polar surface area (TPSA) is 159 Å². The number of benzene rings is 3. The fourth-order valence-electron chi connectivity index (χ4n) is 8.78. The minimum absolute atomic E-state index is 0.0534. The molecule has 6 atom stereocenters. The van der Waals surface area contributed by atoms with Crippen LogP contribution >= 0.6 is 0 Å². The minimum atomic E-state index is -1.45. The number of allylic oxidation sites excluding steroid dienone is 3. The van der Waals surface area contributed by atoms with E-state index < -0.39 is 64.7 Å². The lowest BCUT2D eigenvalue weighted by Crippen LogP contribution is -2.55. The molecule has 5 aliphatic rings. The number of ether oxygens (including phenoxy) is 1. The maximum Gasteiger partial charge on any atom is 0.328 e. The van der Waals surface area contributed by atoms with Gasteiger partial charge in [-0.25, -0.2) is 4.79 Å². The third-order valence-electron chi connectivity index (χ3n) is 10.8. The van der Waals surface area contributed by atoms with E-state index in [-0.39, 0.29) is 18.6 Å². The largest absolute Gasteiger partial charge is 0.508 e. The number of carbonyl (C=O) groups excluding carboxylic acids is 5. The summed E-state index contributed by atoms with van der Waals surface area (Å²) in [6, 6.07) is 20.2. The van der Waals surface area contributed by atoms with E-state index in [1.165, 1.54) is 6.07 Å². The SMILES string of the molecule is Cc1ccc(NN2C(=O)[C@@H]3C[C@@H]4C(=CC[C@@H]5C(=O)N(C(N)=O)C(=O)[C@@H]54)[C@H](C4=COc5ccc(O)cc5C4)[C@]3(c3ccccc3)C2=O)cc1. The highest BCUT2D eigenvalue weighted by atomic mass is 16.5. The van der Waals surface area contributed by atoms with Crippen molar-refractivity contribution in [2.24, 2.45) is 35.3 Å². The van der Waals surface area contributed by atoms with Crippen LogP contribution in [0.25, 0.3) is 0 Å². The number of fused-ring (bicyclic) bond motifs is 5. The van der Waals surface area contributed by atoms with Crippen LogP contribution in [0.15, 0.2) is 96.3 Å². The summed E-state index contributed by atoms with van der Waals surface area (Å²) in [6.45, 7) is 1.94. The number of nitrogens with two attached hydrogens (primary N) is 1. The van der Waals surface area contributed by atoms with Crippen LogP contribution in [-0.2, 0) is 31.0 Å². The number of nitrogens with zero attached hydrogens (tertiary/aromatic N) is 2. The molecule has 242 valence electrons. The number of amides is 6. The van der Waals surface area contributed by atoms with Gasteiger partial charge in [-0.3, -0.25) is 24.6 Å². The highest BCUT2D eigenvalue weighted by Gasteiger charge is 2.71. The van der Waals surface area contributed by atoms with Crippen molar-refractivity contribution in [2.45, 2.75) is 31.6 Å². The number of hydrogen-bond donors (Lipinski definition) is 3. The zero-order chi connectivity index (χ0) is 33.5. The molecule has 8 rings (SSSR count). The van der Waals surface area contributed by atoms with Crippen molar-refractivity contribution in [1.82, 2.24) is 9.91 Å². The first kappa shape index (κ1) is 29.7. The lowest BCUT2D eigenvalue weighted by molar-refractivity contribution is -0.139. The minimum Gasteiger partial charge on any atom is -0.508 e. The van der Waals surface area contributed by atoms with Gasteiger partial charge in [0.1, 0.15) is 11.5 Å². The van der Waals surface area contributed by atoms with E-state index in [4.69, 9.17) is 10.5 Å². The predicted molar refractivity (Wildman–Crippen MR) is 171 cm³/mol. The van der Waals surface area contributed by atoms with Gasteiger partial charge in [-0.1, -0.05) is 59.7 Å². The third-order valence-corrected chi connectivity index (χ3v) is 10.8. The number of phenols is 1. The molecular formula is C37H32N4O7. The summed E-state index contributed by atoms with van der Waals surface area (Å²) in [5.41, 5.74) is 11.4. The fourth-order valence-corrected chi connectivity index (χ4v) is 8.78. The second kappa shape index (κ2) is 10.7. The highest BCUT2D eigenvalue weighted by Crippen LogP contribution is 2.63. The third kappa shape index (κ3) is 4.09. The molecule has 1 saturated carbocycles. The zero-order valence-electron chi connectivity index (χ0n) is 26.0. The summed E-state index contributed by atoms with van der Waals surface area (Å²) in [6.07, 6.45) is 4.05. The summed E-state index contributed by atoms with van der Waals surface area (Å²) in [5.74, 6) is -5.74. The number of urea groups is 1. The van der Waals surface area contributed by atoms with Crippen LogP contribution in [0, 0.1) is 36.5 Å². The Balaban J connectivity index is 1.33. The Hall–Kier alpha value is -5.71. The first-order valence-electron chi connectivity index (χ1n) is 15.9. The highest BCUT2D eigenvalue weighted by molar-refractivity contribution is 6.17. The van der Waals surface area contributed by atoms with Crippen molar-refractivity contribution in [2.75, 3.05) is 5.43 Å². The molecule has 6 amide bonds. The van der Waals surface area contributed by atoms with E-state index in [9.17, 15) is 24.3 Å². The van der Waals surface area contributed by atoms with Gasteiger partial charge in [0.2, 0.25) is 11.8 Å². The average Bonchev–Trinajstić information content (AvgIpc) is 3.46. The van der Waals surface area contributed by atoms with Gasteiger partial charge in [0.15, 0.2) is 0 Å². The monoisotopic (exact) mass is 644 g/mol. The molecule has 11 nitrogen and oxygen atoms in total. The van der Waals surface area contributed by atoms with Gasteiger partial charge in [0.05, 0.1) is 35.1 Å². The number of imide groups is 4. The molecule has 11 heteroatoms. The number of rotatable bonds is 4. The second-order valence-electron chi connectivity index (χ2n) is 13.2. The molecule has 0 unspecified atom stereocenters. The number of aromatic hydroxyl groups is 1. The number of carbonyl (C=O) groups is 5. The van der Waals surface area contributed by atoms with E-state index in [0.717, 1.165) is 16.1 Å². The standard InChI is InChI=1S/C37H32N4O7/c1-19-7-9-23(10-8-19)39-41-33(44)28-17-27-25(12-13-26-30(27)34(45)40(32(26)43)36(38)47)31(37(28,35(41)46)22-5-3-2-4-6-22)21-15-20-16-24(42)11-14-29(20)48-18-21/h2-12,14,16,18,26-28,30-31,39,42H,13,15,17H2,1H3,(H2,38,47)/t26-,27+,28-,30-,31-,37+/m0/s1. The summed E-state index contributed by atoms with van der Waals surface area (Å²) in [7, 11) is 0. The van der Waals surface area contributed by atoms with Crippen molar-refractivity contribution < 1.29 is 33.8 Å². The van der Waals surface area contributed by atoms with Crippen molar-refractivity contribution in [3.05, 3.63) is 113 Å². The lowest BCUT2D eigenvalue weighted by Gasteiger charge is -2.51. The van der Waals surface area contributed by atoms with E-state index in [1.54, 1.807) is 30.5 Å². The van der Waals surface area contributed by atoms with Crippen LogP contribution in [0.4, 0.5) is 10.5 Å². The number of phenolic OH excluding ortho intramolecular Hbond substituents is 1. The van der Waals surface area contributed by atoms with Crippen LogP contribution < -0.4 is 15.9 Å². The van der Waals surface area contributed by atoms with Crippen LogP contribution in [0.5, 0.6) is 11.5 Å². The number of nitrogens with one attached hydrogen (secondary N) is 1. The number of aryl methyl sites for hydroxylation is 1. The van der Waals surface area contributed by atoms with Gasteiger partial charge in [-0.2, -0.15) is 9.91 Å². The van der Waals surface area contributed by atoms with Gasteiger partial charge >= 0.3 is 6.03 Å². The molecule has 3 aromatic carbocycles. The summed E-state index contributed by atoms with van der Waals surface area (Å²) < 4.78 is 6.11. The zero-order valence-corrected chi connectivity index (χ0v) is 26.0. The van der Waals surface area contributed by atoms with E-state index in [0.29, 0.717) is 39.5 Å². The molecule has 4 N–H and O–H groups in total. The lowest BCUT2D eigenvalue weighted by atomic mass is 9.48. The Morgan fingerprint density at radius 3 is 2.44 bits per heavy atom. The molecule has 48 heavy (non-hydrogen) atoms. The van der Waals surface area contributed by atoms with Gasteiger partial charge < -0.3 is 15.6 Å². The molecule has 2 saturated heterocycles. The van der Waals surface area contributed by atoms with Gasteiger partial charge in [0, 0.05) is 17.9 Å². The summed E-state index contributed by atoms with van der Waals surface area (Å²) >= 11 is 0. The van der Waals surface area contributed by atoms with Crippen LogP contribution in [0.2, 0.25) is 0 Å². The first-order valence-corrected chi connectivity index (χ1v) is 15.9. The Bertz CT molecular complexity index is 1990. The quantitative estimate of drug-likeness (QED) is 0.283. The summed E-state index contributed by atoms with van der Waals surface area (Å²) in [5, 5.41) is 11.4. The molecule has 3 aliphatic heterocycles. The fraction of sp³-hybridized carbons (Fsp3) is 0.270. The number of primary amides is 1. The maximum absolute atomic E-state index is 15.2. The van der Waals surface area contributed by atoms with Crippen molar-refractivity contribution in [3.8, 4) is 11.5 Å². The van der Waals surface area contributed by atoms with Crippen molar-refractivity contribution in [3.63, 3.8) is 0 Å². The van der Waals surface area contributed by atoms with Crippen molar-refractivity contribution in [1.29, 1.82) is 0 Å². The number of hydrazine groups is 1.